The third-order valence-corrected chi connectivity index (χ3v) is 4.88. The van der Waals surface area contributed by atoms with Gasteiger partial charge in [0.2, 0.25) is 6.10 Å². The predicted octanol–water partition coefficient (Wildman–Crippen LogP) is 2.08. The Labute approximate surface area is 153 Å². The molecule has 0 saturated carbocycles. The number of rotatable bonds is 5. The van der Waals surface area contributed by atoms with Crippen LogP contribution in [0, 0.1) is 0 Å². The molecule has 0 aromatic heterocycles. The van der Waals surface area contributed by atoms with Gasteiger partial charge >= 0.3 is 0 Å². The minimum Gasteiger partial charge on any atom is -0.482 e. The largest absolute Gasteiger partial charge is 0.482 e. The van der Waals surface area contributed by atoms with E-state index >= 15 is 0 Å². The van der Waals surface area contributed by atoms with E-state index in [1.807, 2.05) is 12.1 Å². The molecule has 0 radical (unpaired) electrons. The van der Waals surface area contributed by atoms with E-state index in [9.17, 15) is 13.2 Å². The van der Waals surface area contributed by atoms with Gasteiger partial charge in [0.1, 0.15) is 6.10 Å². The summed E-state index contributed by atoms with van der Waals surface area (Å²) in [6.45, 7) is 2.12. The van der Waals surface area contributed by atoms with Crippen LogP contribution in [0.4, 0.5) is 0 Å². The molecule has 3 rings (SSSR count). The van der Waals surface area contributed by atoms with Crippen LogP contribution in [0.2, 0.25) is 0 Å². The van der Waals surface area contributed by atoms with Crippen LogP contribution in [0.15, 0.2) is 48.5 Å². The van der Waals surface area contributed by atoms with Gasteiger partial charge in [-0.1, -0.05) is 36.4 Å². The Bertz CT molecular complexity index is 892. The lowest BCUT2D eigenvalue weighted by molar-refractivity contribution is -0.133. The Balaban J connectivity index is 1.59. The molecule has 0 unspecified atom stereocenters. The molecular weight excluding hydrogens is 354 g/mol. The third kappa shape index (κ3) is 4.54. The molecule has 0 saturated heterocycles. The van der Waals surface area contributed by atoms with Gasteiger partial charge in [0.25, 0.3) is 5.91 Å². The fourth-order valence-electron chi connectivity index (χ4n) is 2.75. The number of para-hydroxylation sites is 2. The third-order valence-electron chi connectivity index (χ3n) is 4.02. The number of benzene rings is 2. The van der Waals surface area contributed by atoms with Gasteiger partial charge in [-0.25, -0.2) is 8.42 Å². The minimum atomic E-state index is -3.06. The van der Waals surface area contributed by atoms with Crippen molar-refractivity contribution in [2.45, 2.75) is 31.4 Å². The number of carbonyl (C=O) groups excluding carboxylic acids is 1. The maximum atomic E-state index is 12.5. The lowest BCUT2D eigenvalue weighted by Crippen LogP contribution is -2.48. The summed E-state index contributed by atoms with van der Waals surface area (Å²) >= 11 is 0. The average molecular weight is 375 g/mol. The molecule has 2 aromatic rings. The second-order valence-electron chi connectivity index (χ2n) is 6.41. The summed E-state index contributed by atoms with van der Waals surface area (Å²) < 4.78 is 34.1. The second-order valence-corrected chi connectivity index (χ2v) is 8.55. The molecule has 2 atom stereocenters. The molecule has 1 aliphatic heterocycles. The van der Waals surface area contributed by atoms with Crippen LogP contribution in [0.5, 0.6) is 11.5 Å². The van der Waals surface area contributed by atoms with Crippen LogP contribution in [0.1, 0.15) is 18.1 Å². The van der Waals surface area contributed by atoms with Crippen LogP contribution in [-0.4, -0.2) is 32.8 Å². The van der Waals surface area contributed by atoms with Crippen LogP contribution < -0.4 is 14.8 Å². The molecule has 0 spiro atoms. The quantitative estimate of drug-likeness (QED) is 0.865. The number of sulfone groups is 1. The van der Waals surface area contributed by atoms with Crippen molar-refractivity contribution in [1.29, 1.82) is 0 Å². The molecule has 26 heavy (non-hydrogen) atoms. The Morgan fingerprint density at radius 2 is 1.58 bits per heavy atom. The maximum Gasteiger partial charge on any atom is 0.265 e. The normalized spacial score (nSPS) is 19.0. The second kappa shape index (κ2) is 7.37. The van der Waals surface area contributed by atoms with E-state index < -0.39 is 22.0 Å². The van der Waals surface area contributed by atoms with Gasteiger partial charge in [-0.3, -0.25) is 4.79 Å². The van der Waals surface area contributed by atoms with Crippen LogP contribution in [0.3, 0.4) is 0 Å². The Kier molecular flexibility index (Phi) is 5.18. The van der Waals surface area contributed by atoms with Crippen molar-refractivity contribution in [1.82, 2.24) is 5.32 Å². The van der Waals surface area contributed by atoms with Gasteiger partial charge in [-0.2, -0.15) is 0 Å². The fraction of sp³-hybridized carbons (Fsp3) is 0.316. The Hall–Kier alpha value is -2.54. The van der Waals surface area contributed by atoms with Gasteiger partial charge in [0.15, 0.2) is 21.3 Å². The van der Waals surface area contributed by atoms with Gasteiger partial charge in [0, 0.05) is 12.8 Å². The molecule has 138 valence electrons. The SMILES string of the molecule is C[C@@H]1Oc2ccccc2O[C@@H]1C(=O)NCc1ccc(CS(C)(=O)=O)cc1. The average Bonchev–Trinajstić information content (AvgIpc) is 2.59. The highest BCUT2D eigenvalue weighted by molar-refractivity contribution is 7.89. The molecule has 0 fully saturated rings. The van der Waals surface area contributed by atoms with Crippen molar-refractivity contribution in [2.75, 3.05) is 6.26 Å². The molecule has 0 aliphatic carbocycles. The van der Waals surface area contributed by atoms with Crippen molar-refractivity contribution in [3.8, 4) is 11.5 Å². The van der Waals surface area contributed by atoms with E-state index in [0.29, 0.717) is 18.0 Å². The van der Waals surface area contributed by atoms with Crippen molar-refractivity contribution in [2.24, 2.45) is 0 Å². The van der Waals surface area contributed by atoms with Crippen molar-refractivity contribution in [3.05, 3.63) is 59.7 Å². The summed E-state index contributed by atoms with van der Waals surface area (Å²) in [4.78, 5) is 12.5. The first-order chi connectivity index (χ1) is 12.3. The molecule has 1 aliphatic rings. The smallest absolute Gasteiger partial charge is 0.265 e. The Morgan fingerprint density at radius 1 is 1.00 bits per heavy atom. The topological polar surface area (TPSA) is 81.7 Å². The zero-order valence-corrected chi connectivity index (χ0v) is 15.5. The van der Waals surface area contributed by atoms with Gasteiger partial charge < -0.3 is 14.8 Å². The van der Waals surface area contributed by atoms with Crippen LogP contribution in [0.25, 0.3) is 0 Å². The van der Waals surface area contributed by atoms with E-state index in [2.05, 4.69) is 5.32 Å². The molecule has 1 heterocycles. The zero-order chi connectivity index (χ0) is 18.7. The summed E-state index contributed by atoms with van der Waals surface area (Å²) in [5, 5.41) is 2.84. The van der Waals surface area contributed by atoms with E-state index in [-0.39, 0.29) is 11.7 Å². The van der Waals surface area contributed by atoms with Crippen molar-refractivity contribution >= 4 is 15.7 Å². The summed E-state index contributed by atoms with van der Waals surface area (Å²) in [7, 11) is -3.06. The van der Waals surface area contributed by atoms with E-state index in [1.54, 1.807) is 43.3 Å². The van der Waals surface area contributed by atoms with E-state index in [0.717, 1.165) is 11.1 Å². The molecule has 1 N–H and O–H groups in total. The van der Waals surface area contributed by atoms with Gasteiger partial charge in [-0.15, -0.1) is 0 Å². The Morgan fingerprint density at radius 3 is 2.19 bits per heavy atom. The molecular formula is C19H21NO5S. The van der Waals surface area contributed by atoms with E-state index in [4.69, 9.17) is 9.47 Å². The lowest BCUT2D eigenvalue weighted by Gasteiger charge is -2.31. The summed E-state index contributed by atoms with van der Waals surface area (Å²) in [5.74, 6) is 0.928. The van der Waals surface area contributed by atoms with Crippen LogP contribution in [-0.2, 0) is 26.9 Å². The highest BCUT2D eigenvalue weighted by Crippen LogP contribution is 2.33. The molecule has 6 nitrogen and oxygen atoms in total. The number of amides is 1. The number of hydrogen-bond donors (Lipinski definition) is 1. The monoisotopic (exact) mass is 375 g/mol. The molecule has 0 bridgehead atoms. The number of nitrogens with one attached hydrogen (secondary N) is 1. The maximum absolute atomic E-state index is 12.5. The van der Waals surface area contributed by atoms with Crippen molar-refractivity contribution < 1.29 is 22.7 Å². The van der Waals surface area contributed by atoms with Gasteiger partial charge in [-0.05, 0) is 30.2 Å². The van der Waals surface area contributed by atoms with Crippen molar-refractivity contribution in [3.63, 3.8) is 0 Å². The highest BCUT2D eigenvalue weighted by atomic mass is 32.2. The highest BCUT2D eigenvalue weighted by Gasteiger charge is 2.33. The van der Waals surface area contributed by atoms with E-state index in [1.165, 1.54) is 6.26 Å². The zero-order valence-electron chi connectivity index (χ0n) is 14.6. The summed E-state index contributed by atoms with van der Waals surface area (Å²) in [6, 6.07) is 14.4. The first-order valence-electron chi connectivity index (χ1n) is 8.27. The number of carbonyl (C=O) groups is 1. The lowest BCUT2D eigenvalue weighted by atomic mass is 10.1. The molecule has 7 heteroatoms. The standard InChI is InChI=1S/C19H21NO5S/c1-13-18(25-17-6-4-3-5-16(17)24-13)19(21)20-11-14-7-9-15(10-8-14)12-26(2,22)23/h3-10,13,18H,11-12H2,1-2H3,(H,20,21)/t13-,18-/m0/s1. The van der Waals surface area contributed by atoms with Crippen LogP contribution >= 0.6 is 0 Å². The number of fused-ring (bicyclic) bond motifs is 1. The fourth-order valence-corrected chi connectivity index (χ4v) is 3.55. The predicted molar refractivity (Wildman–Crippen MR) is 97.8 cm³/mol. The molecule has 1 amide bonds. The molecule has 2 aromatic carbocycles. The summed E-state index contributed by atoms with van der Waals surface area (Å²) in [6.07, 6.45) is 0.0728. The number of ether oxygens (including phenoxy) is 2. The number of hydrogen-bond acceptors (Lipinski definition) is 5. The van der Waals surface area contributed by atoms with Gasteiger partial charge in [0.05, 0.1) is 5.75 Å². The minimum absolute atomic E-state index is 0.00379. The first kappa shape index (κ1) is 18.3. The first-order valence-corrected chi connectivity index (χ1v) is 10.3. The summed E-state index contributed by atoms with van der Waals surface area (Å²) in [5.41, 5.74) is 1.59.